The van der Waals surface area contributed by atoms with Crippen molar-refractivity contribution < 1.29 is 19.1 Å². The van der Waals surface area contributed by atoms with Gasteiger partial charge < -0.3 is 9.47 Å². The van der Waals surface area contributed by atoms with Crippen molar-refractivity contribution in [2.24, 2.45) is 0 Å². The van der Waals surface area contributed by atoms with Crippen LogP contribution >= 0.6 is 0 Å². The van der Waals surface area contributed by atoms with Gasteiger partial charge in [-0.25, -0.2) is 0 Å². The van der Waals surface area contributed by atoms with Crippen molar-refractivity contribution in [2.45, 2.75) is 58.8 Å². The predicted octanol–water partition coefficient (Wildman–Crippen LogP) is 5.08. The van der Waals surface area contributed by atoms with Gasteiger partial charge in [0.2, 0.25) is 0 Å². The van der Waals surface area contributed by atoms with Gasteiger partial charge in [0.25, 0.3) is 0 Å². The van der Waals surface area contributed by atoms with Crippen molar-refractivity contribution in [3.05, 3.63) is 35.4 Å². The fourth-order valence-corrected chi connectivity index (χ4v) is 4.05. The Morgan fingerprint density at radius 1 is 0.880 bits per heavy atom. The van der Waals surface area contributed by atoms with E-state index < -0.39 is 0 Å². The molecule has 0 fully saturated rings. The first-order chi connectivity index (χ1) is 12.0. The van der Waals surface area contributed by atoms with Crippen molar-refractivity contribution in [1.29, 1.82) is 0 Å². The second kappa shape index (κ2) is 6.87. The highest BCUT2D eigenvalue weighted by Gasteiger charge is 2.37. The van der Waals surface area contributed by atoms with E-state index in [0.717, 1.165) is 41.2 Å². The Kier molecular flexibility index (Phi) is 4.80. The highest BCUT2D eigenvalue weighted by molar-refractivity contribution is 5.99. The van der Waals surface area contributed by atoms with Gasteiger partial charge in [-0.2, -0.15) is 0 Å². The zero-order valence-electron chi connectivity index (χ0n) is 15.2. The molecule has 0 radical (unpaired) electrons. The molecule has 4 nitrogen and oxygen atoms in total. The minimum absolute atomic E-state index is 0.299. The van der Waals surface area contributed by atoms with Crippen LogP contribution in [0.2, 0.25) is 0 Å². The van der Waals surface area contributed by atoms with Crippen LogP contribution in [0.25, 0.3) is 10.8 Å². The third-order valence-corrected chi connectivity index (χ3v) is 5.06. The Morgan fingerprint density at radius 2 is 1.28 bits per heavy atom. The summed E-state index contributed by atoms with van der Waals surface area (Å²) in [5.74, 6) is 1.21. The minimum Gasteiger partial charge on any atom is -0.426 e. The van der Waals surface area contributed by atoms with Gasteiger partial charge in [-0.3, -0.25) is 9.59 Å². The second-order valence-corrected chi connectivity index (χ2v) is 6.66. The van der Waals surface area contributed by atoms with E-state index in [9.17, 15) is 9.59 Å². The van der Waals surface area contributed by atoms with Gasteiger partial charge in [-0.1, -0.05) is 38.1 Å². The molecule has 0 spiro atoms. The van der Waals surface area contributed by atoms with Crippen LogP contribution in [0, 0.1) is 0 Å². The molecule has 0 saturated heterocycles. The second-order valence-electron chi connectivity index (χ2n) is 6.66. The highest BCUT2D eigenvalue weighted by atomic mass is 16.5. The number of carbonyl (C=O) groups is 2. The maximum Gasteiger partial charge on any atom is 0.308 e. The molecule has 1 aliphatic carbocycles. The van der Waals surface area contributed by atoms with E-state index in [1.165, 1.54) is 13.8 Å². The number of hydrogen-bond donors (Lipinski definition) is 0. The van der Waals surface area contributed by atoms with E-state index in [0.29, 0.717) is 23.3 Å². The zero-order valence-corrected chi connectivity index (χ0v) is 15.2. The molecule has 0 amide bonds. The van der Waals surface area contributed by atoms with Gasteiger partial charge in [0.15, 0.2) is 0 Å². The van der Waals surface area contributed by atoms with Gasteiger partial charge in [0.1, 0.15) is 11.5 Å². The average Bonchev–Trinajstić information content (AvgIpc) is 2.96. The maximum atomic E-state index is 11.8. The largest absolute Gasteiger partial charge is 0.426 e. The summed E-state index contributed by atoms with van der Waals surface area (Å²) in [4.78, 5) is 23.5. The number of fused-ring (bicyclic) bond motifs is 2. The van der Waals surface area contributed by atoms with Crippen molar-refractivity contribution in [3.8, 4) is 11.5 Å². The predicted molar refractivity (Wildman–Crippen MR) is 97.2 cm³/mol. The molecule has 4 heteroatoms. The summed E-state index contributed by atoms with van der Waals surface area (Å²) in [6, 6.07) is 7.67. The van der Waals surface area contributed by atoms with Crippen LogP contribution < -0.4 is 9.47 Å². The molecular weight excluding hydrogens is 316 g/mol. The first-order valence-corrected chi connectivity index (χ1v) is 8.93. The molecule has 3 rings (SSSR count). The molecule has 2 aromatic carbocycles. The van der Waals surface area contributed by atoms with Gasteiger partial charge in [-0.15, -0.1) is 0 Å². The lowest BCUT2D eigenvalue weighted by Crippen LogP contribution is -2.10. The van der Waals surface area contributed by atoms with Crippen LogP contribution in [0.3, 0.4) is 0 Å². The normalized spacial score (nSPS) is 18.9. The van der Waals surface area contributed by atoms with E-state index in [1.807, 2.05) is 24.3 Å². The van der Waals surface area contributed by atoms with Crippen molar-refractivity contribution in [2.75, 3.05) is 0 Å². The number of rotatable bonds is 4. The van der Waals surface area contributed by atoms with Crippen LogP contribution in [-0.2, 0) is 9.59 Å². The number of ether oxygens (including phenoxy) is 2. The van der Waals surface area contributed by atoms with E-state index in [2.05, 4.69) is 13.8 Å². The molecule has 2 unspecified atom stereocenters. The van der Waals surface area contributed by atoms with E-state index in [-0.39, 0.29) is 11.9 Å². The van der Waals surface area contributed by atoms with Crippen molar-refractivity contribution in [1.82, 2.24) is 0 Å². The molecule has 0 heterocycles. The molecule has 0 saturated carbocycles. The fourth-order valence-electron chi connectivity index (χ4n) is 4.05. The van der Waals surface area contributed by atoms with Crippen LogP contribution in [0.4, 0.5) is 0 Å². The minimum atomic E-state index is -0.331. The molecule has 0 aliphatic heterocycles. The van der Waals surface area contributed by atoms with Gasteiger partial charge in [-0.05, 0) is 31.1 Å². The van der Waals surface area contributed by atoms with Crippen LogP contribution in [0.1, 0.15) is 69.9 Å². The third-order valence-electron chi connectivity index (χ3n) is 5.06. The molecule has 2 atom stereocenters. The Bertz CT molecular complexity index is 769. The number of carbonyl (C=O) groups excluding carboxylic acids is 2. The molecule has 0 bridgehead atoms. The lowest BCUT2D eigenvalue weighted by atomic mass is 9.92. The highest BCUT2D eigenvalue weighted by Crippen LogP contribution is 2.56. The number of benzene rings is 2. The number of hydrogen-bond acceptors (Lipinski definition) is 4. The van der Waals surface area contributed by atoms with Crippen LogP contribution in [-0.4, -0.2) is 11.9 Å². The summed E-state index contributed by atoms with van der Waals surface area (Å²) in [5.41, 5.74) is 2.08. The Hall–Kier alpha value is -2.36. The lowest BCUT2D eigenvalue weighted by Gasteiger charge is -2.20. The number of esters is 2. The molecule has 1 aliphatic rings. The van der Waals surface area contributed by atoms with Gasteiger partial charge in [0, 0.05) is 35.7 Å². The molecule has 0 aromatic heterocycles. The van der Waals surface area contributed by atoms with Crippen LogP contribution in [0.15, 0.2) is 24.3 Å². The Labute approximate surface area is 148 Å². The Morgan fingerprint density at radius 3 is 1.60 bits per heavy atom. The topological polar surface area (TPSA) is 52.6 Å². The summed E-state index contributed by atoms with van der Waals surface area (Å²) in [7, 11) is 0. The van der Waals surface area contributed by atoms with Crippen molar-refractivity contribution in [3.63, 3.8) is 0 Å². The maximum absolute atomic E-state index is 11.8. The summed E-state index contributed by atoms with van der Waals surface area (Å²) >= 11 is 0. The molecule has 132 valence electrons. The van der Waals surface area contributed by atoms with Gasteiger partial charge in [0.05, 0.1) is 0 Å². The summed E-state index contributed by atoms with van der Waals surface area (Å²) in [5, 5.41) is 1.64. The van der Waals surface area contributed by atoms with Crippen molar-refractivity contribution >= 4 is 22.7 Å². The molecule has 0 N–H and O–H groups in total. The fraction of sp³-hybridized carbons (Fsp3) is 0.429. The lowest BCUT2D eigenvalue weighted by molar-refractivity contribution is -0.133. The summed E-state index contributed by atoms with van der Waals surface area (Å²) in [6.45, 7) is 7.14. The Balaban J connectivity index is 2.42. The third kappa shape index (κ3) is 3.01. The van der Waals surface area contributed by atoms with Gasteiger partial charge >= 0.3 is 11.9 Å². The molecular formula is C21H24O4. The van der Waals surface area contributed by atoms with E-state index >= 15 is 0 Å². The van der Waals surface area contributed by atoms with E-state index in [1.54, 1.807) is 0 Å². The average molecular weight is 340 g/mol. The summed E-state index contributed by atoms with van der Waals surface area (Å²) in [6.07, 6.45) is 2.90. The van der Waals surface area contributed by atoms with Crippen LogP contribution in [0.5, 0.6) is 11.5 Å². The first kappa shape index (κ1) is 17.5. The quantitative estimate of drug-likeness (QED) is 0.575. The molecule has 2 aromatic rings. The summed E-state index contributed by atoms with van der Waals surface area (Å²) < 4.78 is 11.4. The first-order valence-electron chi connectivity index (χ1n) is 8.93. The SMILES string of the molecule is CCC1CC(CC)c2c1c(OC(C)=O)c1ccccc1c2OC(C)=O. The van der Waals surface area contributed by atoms with E-state index in [4.69, 9.17) is 9.47 Å². The monoisotopic (exact) mass is 340 g/mol. The zero-order chi connectivity index (χ0) is 18.1. The molecule has 25 heavy (non-hydrogen) atoms. The smallest absolute Gasteiger partial charge is 0.308 e. The standard InChI is InChI=1S/C21H24O4/c1-5-14-11-15(6-2)19-18(14)20(24-12(3)22)16-9-7-8-10-17(16)21(19)25-13(4)23/h7-10,14-15H,5-6,11H2,1-4H3.